The van der Waals surface area contributed by atoms with Gasteiger partial charge in [-0.3, -0.25) is 0 Å². The average molecular weight is 793 g/mol. The van der Waals surface area contributed by atoms with Crippen LogP contribution in [0.4, 0.5) is 0 Å². The van der Waals surface area contributed by atoms with E-state index >= 15 is 0 Å². The maximum atomic E-state index is 6.54. The van der Waals surface area contributed by atoms with Crippen molar-refractivity contribution < 1.29 is 28.4 Å². The van der Waals surface area contributed by atoms with E-state index < -0.39 is 33.6 Å². The van der Waals surface area contributed by atoms with E-state index in [1.54, 1.807) is 42.7 Å². The first kappa shape index (κ1) is 38.5. The van der Waals surface area contributed by atoms with Crippen LogP contribution >= 0.6 is 0 Å². The van der Waals surface area contributed by atoms with Crippen molar-refractivity contribution in [2.75, 3.05) is 42.7 Å². The minimum atomic E-state index is -0.971. The summed E-state index contributed by atoms with van der Waals surface area (Å²) in [6, 6.07) is 39.3. The molecule has 300 valence electrons. The van der Waals surface area contributed by atoms with Crippen molar-refractivity contribution in [2.45, 2.75) is 33.6 Å². The Hall–Kier alpha value is -5.70. The van der Waals surface area contributed by atoms with Gasteiger partial charge in [0.05, 0.1) is 0 Å². The first-order chi connectivity index (χ1) is 29.1. The first-order valence-electron chi connectivity index (χ1n) is 20.3. The number of rotatable bonds is 6. The van der Waals surface area contributed by atoms with Crippen LogP contribution in [-0.2, 0) is 62.0 Å². The molecule has 0 atom stereocenters. The lowest BCUT2D eigenvalue weighted by molar-refractivity contribution is 0.0357. The summed E-state index contributed by atoms with van der Waals surface area (Å²) < 4.78 is 38.7. The zero-order chi connectivity index (χ0) is 41.4. The maximum absolute atomic E-state index is 6.54. The lowest BCUT2D eigenvalue weighted by Crippen LogP contribution is -2.37. The Morgan fingerprint density at radius 1 is 0.217 bits per heavy atom. The molecule has 0 unspecified atom stereocenters. The topological polar surface area (TPSA) is 55.4 Å². The summed E-state index contributed by atoms with van der Waals surface area (Å²) in [5.74, 6) is 0. The minimum Gasteiger partial charge on any atom is -0.365 e. The number of methoxy groups -OCH3 is 6. The van der Waals surface area contributed by atoms with E-state index in [-0.39, 0.29) is 0 Å². The molecule has 0 radical (unpaired) electrons. The Labute approximate surface area is 352 Å². The van der Waals surface area contributed by atoms with E-state index in [0.717, 1.165) is 66.8 Å². The summed E-state index contributed by atoms with van der Waals surface area (Å²) in [7, 11) is 10.5. The van der Waals surface area contributed by atoms with Crippen LogP contribution in [0.15, 0.2) is 182 Å². The normalized spacial score (nSPS) is 29.9. The van der Waals surface area contributed by atoms with Crippen molar-refractivity contribution in [1.29, 1.82) is 0 Å². The summed E-state index contributed by atoms with van der Waals surface area (Å²) >= 11 is 0. The molecule has 5 aromatic carbocycles. The standard InChI is InChI=1S/C54H48O6/c1-55-49-19-25-52(58-4,26-20-49)46-34-47-36-48(35-46)54(60-6)29-23-51(57-3,24-30-54)45-17-11-39(12-18-45)42-32-40(37-7-13-43(49)14-8-37)31-41(33-42)38-9-15-44(16-10-38)50(56-2)21-27-53(47,59-5)28-22-50/h7-36H,1-6H3. The van der Waals surface area contributed by atoms with Gasteiger partial charge in [0.15, 0.2) is 0 Å². The molecular weight excluding hydrogens is 745 g/mol. The third-order valence-corrected chi connectivity index (χ3v) is 13.7. The first-order valence-corrected chi connectivity index (χ1v) is 20.3. The van der Waals surface area contributed by atoms with E-state index in [4.69, 9.17) is 28.4 Å². The number of benzene rings is 5. The highest BCUT2D eigenvalue weighted by molar-refractivity contribution is 5.81. The third kappa shape index (κ3) is 5.63. The van der Waals surface area contributed by atoms with Gasteiger partial charge in [-0.05, 0) is 176 Å². The van der Waals surface area contributed by atoms with Crippen molar-refractivity contribution in [3.05, 3.63) is 215 Å². The van der Waals surface area contributed by atoms with E-state index in [2.05, 4.69) is 182 Å². The zero-order valence-electron chi connectivity index (χ0n) is 34.8. The van der Waals surface area contributed by atoms with Gasteiger partial charge in [0.1, 0.15) is 33.6 Å². The van der Waals surface area contributed by atoms with Crippen LogP contribution in [0.2, 0.25) is 0 Å². The quantitative estimate of drug-likeness (QED) is 0.160. The van der Waals surface area contributed by atoms with Crippen molar-refractivity contribution >= 4 is 0 Å². The summed E-state index contributed by atoms with van der Waals surface area (Å²) in [4.78, 5) is 0. The molecule has 5 aromatic rings. The predicted molar refractivity (Wildman–Crippen MR) is 236 cm³/mol. The van der Waals surface area contributed by atoms with Gasteiger partial charge in [-0.15, -0.1) is 0 Å². The average Bonchev–Trinajstić information content (AvgIpc) is 3.33. The Balaban J connectivity index is 1.32. The highest BCUT2D eigenvalue weighted by Gasteiger charge is 2.43. The van der Waals surface area contributed by atoms with Crippen LogP contribution in [0.5, 0.6) is 0 Å². The van der Waals surface area contributed by atoms with Crippen LogP contribution in [0.25, 0.3) is 33.4 Å². The second-order valence-electron chi connectivity index (χ2n) is 16.3. The Morgan fingerprint density at radius 2 is 0.400 bits per heavy atom. The molecule has 0 saturated carbocycles. The SMILES string of the molecule is COC12C=CC(OC)(C=C1)c1cc3cc(c1)C1(OC)C=CC(OC)(C=C1)c1ccc(cc1)-c1cc(cc(c1)-c1ccc(cc1)C1(OC)C=CC3(OC)C=C1)-c1ccc2cc1. The van der Waals surface area contributed by atoms with Crippen LogP contribution in [-0.4, -0.2) is 42.7 Å². The Kier molecular flexibility index (Phi) is 8.94. The van der Waals surface area contributed by atoms with E-state index in [1.807, 2.05) is 0 Å². The lowest BCUT2D eigenvalue weighted by atomic mass is 9.74. The third-order valence-electron chi connectivity index (χ3n) is 13.7. The monoisotopic (exact) mass is 792 g/mol. The van der Waals surface area contributed by atoms with Crippen LogP contribution in [0.1, 0.15) is 33.4 Å². The predicted octanol–water partition coefficient (Wildman–Crippen LogP) is 10.8. The van der Waals surface area contributed by atoms with Gasteiger partial charge in [0, 0.05) is 42.7 Å². The summed E-state index contributed by atoms with van der Waals surface area (Å²) in [5.41, 5.74) is 6.87. The van der Waals surface area contributed by atoms with Crippen molar-refractivity contribution in [2.24, 2.45) is 0 Å². The summed E-state index contributed by atoms with van der Waals surface area (Å²) in [5, 5.41) is 0. The largest absolute Gasteiger partial charge is 0.365 e. The van der Waals surface area contributed by atoms with E-state index in [9.17, 15) is 0 Å². The van der Waals surface area contributed by atoms with Gasteiger partial charge in [0.25, 0.3) is 0 Å². The fourth-order valence-electron chi connectivity index (χ4n) is 9.70. The second kappa shape index (κ2) is 13.9. The fraction of sp³-hybridized carbons (Fsp3) is 0.222. The molecule has 0 N–H and O–H groups in total. The minimum absolute atomic E-state index is 0.830. The number of hydrogen-bond donors (Lipinski definition) is 0. The van der Waals surface area contributed by atoms with Crippen LogP contribution in [0, 0.1) is 0 Å². The van der Waals surface area contributed by atoms with Crippen molar-refractivity contribution in [1.82, 2.24) is 0 Å². The molecule has 18 bridgehead atoms. The van der Waals surface area contributed by atoms with Gasteiger partial charge in [-0.2, -0.15) is 0 Å². The molecule has 0 heterocycles. The molecule has 0 fully saturated rings. The molecule has 0 spiro atoms. The molecule has 6 nitrogen and oxygen atoms in total. The highest BCUT2D eigenvalue weighted by atomic mass is 16.5. The number of hydrogen-bond acceptors (Lipinski definition) is 6. The molecule has 0 amide bonds. The van der Waals surface area contributed by atoms with E-state index in [1.165, 1.54) is 0 Å². The molecule has 0 saturated heterocycles. The smallest absolute Gasteiger partial charge is 0.129 e. The molecular formula is C54H48O6. The Morgan fingerprint density at radius 3 is 0.583 bits per heavy atom. The lowest BCUT2D eigenvalue weighted by Gasteiger charge is -2.40. The molecule has 0 aromatic heterocycles. The number of ether oxygens (including phenoxy) is 6. The summed E-state index contributed by atoms with van der Waals surface area (Å²) in [6.45, 7) is 0. The zero-order valence-corrected chi connectivity index (χ0v) is 34.8. The van der Waals surface area contributed by atoms with Gasteiger partial charge in [-0.1, -0.05) is 72.8 Å². The molecule has 0 aliphatic heterocycles. The Bertz CT molecular complexity index is 2310. The van der Waals surface area contributed by atoms with Crippen molar-refractivity contribution in [3.63, 3.8) is 0 Å². The molecule has 24 aliphatic carbocycles. The second-order valence-corrected chi connectivity index (χ2v) is 16.3. The van der Waals surface area contributed by atoms with Gasteiger partial charge in [0.2, 0.25) is 0 Å². The highest BCUT2D eigenvalue weighted by Crippen LogP contribution is 2.48. The van der Waals surface area contributed by atoms with E-state index in [0.29, 0.717) is 0 Å². The van der Waals surface area contributed by atoms with Gasteiger partial charge >= 0.3 is 0 Å². The molecule has 60 heavy (non-hydrogen) atoms. The van der Waals surface area contributed by atoms with Crippen LogP contribution in [0.3, 0.4) is 0 Å². The molecule has 24 aliphatic rings. The van der Waals surface area contributed by atoms with Gasteiger partial charge < -0.3 is 28.4 Å². The maximum Gasteiger partial charge on any atom is 0.129 e. The fourth-order valence-corrected chi connectivity index (χ4v) is 9.70. The summed E-state index contributed by atoms with van der Waals surface area (Å²) in [6.07, 6.45) is 25.2. The van der Waals surface area contributed by atoms with Crippen molar-refractivity contribution in [3.8, 4) is 33.4 Å². The molecule has 6 heteroatoms. The van der Waals surface area contributed by atoms with Crippen LogP contribution < -0.4 is 0 Å². The van der Waals surface area contributed by atoms with Gasteiger partial charge in [-0.25, -0.2) is 0 Å². The molecule has 29 rings (SSSR count).